The zero-order valence-electron chi connectivity index (χ0n) is 7.94. The molecule has 0 amide bonds. The van der Waals surface area contributed by atoms with Gasteiger partial charge in [-0.1, -0.05) is 36.7 Å². The van der Waals surface area contributed by atoms with Crippen molar-refractivity contribution in [3.63, 3.8) is 0 Å². The Kier molecular flexibility index (Phi) is 3.94. The molecule has 0 aliphatic rings. The highest BCUT2D eigenvalue weighted by atomic mass is 35.5. The largest absolute Gasteiger partial charge is 0.378 e. The molecule has 0 heterocycles. The lowest BCUT2D eigenvalue weighted by atomic mass is 9.96. The standard InChI is InChI=1S/C11H12ClNO/c1-8(11(14)7-13)6-9-4-2-3-5-10(9)12/h2-5,8,11,14H,6H2,1H3/t8-,11?/m1/s1. The molecule has 0 aliphatic carbocycles. The lowest BCUT2D eigenvalue weighted by Gasteiger charge is -2.13. The van der Waals surface area contributed by atoms with Crippen molar-refractivity contribution in [2.45, 2.75) is 19.4 Å². The van der Waals surface area contributed by atoms with E-state index in [1.807, 2.05) is 37.3 Å². The van der Waals surface area contributed by atoms with Crippen LogP contribution in [0.15, 0.2) is 24.3 Å². The molecule has 3 heteroatoms. The number of nitriles is 1. The summed E-state index contributed by atoms with van der Waals surface area (Å²) in [5, 5.41) is 18.5. The molecule has 74 valence electrons. The molecule has 1 aromatic carbocycles. The Bertz CT molecular complexity index is 345. The van der Waals surface area contributed by atoms with Gasteiger partial charge in [0.15, 0.2) is 0 Å². The molecular formula is C11H12ClNO. The van der Waals surface area contributed by atoms with Gasteiger partial charge in [0.1, 0.15) is 6.10 Å². The molecule has 0 saturated carbocycles. The van der Waals surface area contributed by atoms with Crippen molar-refractivity contribution < 1.29 is 5.11 Å². The maximum absolute atomic E-state index is 9.27. The molecule has 0 aliphatic heterocycles. The Morgan fingerprint density at radius 1 is 1.50 bits per heavy atom. The minimum absolute atomic E-state index is 0.0973. The molecule has 0 spiro atoms. The third-order valence-electron chi connectivity index (χ3n) is 2.17. The summed E-state index contributed by atoms with van der Waals surface area (Å²) >= 11 is 5.95. The fraction of sp³-hybridized carbons (Fsp3) is 0.364. The van der Waals surface area contributed by atoms with Crippen LogP contribution in [0.1, 0.15) is 12.5 Å². The van der Waals surface area contributed by atoms with E-state index < -0.39 is 6.10 Å². The molecule has 0 aromatic heterocycles. The topological polar surface area (TPSA) is 44.0 Å². The highest BCUT2D eigenvalue weighted by molar-refractivity contribution is 6.31. The highest BCUT2D eigenvalue weighted by Crippen LogP contribution is 2.19. The van der Waals surface area contributed by atoms with Gasteiger partial charge in [-0.3, -0.25) is 0 Å². The first kappa shape index (κ1) is 11.0. The zero-order valence-corrected chi connectivity index (χ0v) is 8.70. The van der Waals surface area contributed by atoms with Gasteiger partial charge in [0, 0.05) is 5.02 Å². The Labute approximate surface area is 88.7 Å². The van der Waals surface area contributed by atoms with Crippen LogP contribution in [0.5, 0.6) is 0 Å². The van der Waals surface area contributed by atoms with Crippen LogP contribution in [0.4, 0.5) is 0 Å². The number of hydrogen-bond acceptors (Lipinski definition) is 2. The van der Waals surface area contributed by atoms with Crippen LogP contribution in [0.25, 0.3) is 0 Å². The molecular weight excluding hydrogens is 198 g/mol. The summed E-state index contributed by atoms with van der Waals surface area (Å²) in [7, 11) is 0. The second kappa shape index (κ2) is 4.99. The summed E-state index contributed by atoms with van der Waals surface area (Å²) in [5.41, 5.74) is 0.968. The summed E-state index contributed by atoms with van der Waals surface area (Å²) < 4.78 is 0. The summed E-state index contributed by atoms with van der Waals surface area (Å²) in [4.78, 5) is 0. The van der Waals surface area contributed by atoms with E-state index in [0.717, 1.165) is 5.56 Å². The van der Waals surface area contributed by atoms with Crippen molar-refractivity contribution in [1.29, 1.82) is 5.26 Å². The van der Waals surface area contributed by atoms with E-state index in [1.54, 1.807) is 0 Å². The average molecular weight is 210 g/mol. The molecule has 2 atom stereocenters. The molecule has 0 fully saturated rings. The average Bonchev–Trinajstić information content (AvgIpc) is 2.20. The first-order valence-corrected chi connectivity index (χ1v) is 4.84. The predicted octanol–water partition coefficient (Wildman–Crippen LogP) is 2.40. The zero-order chi connectivity index (χ0) is 10.6. The number of aliphatic hydroxyl groups is 1. The Balaban J connectivity index is 2.70. The molecule has 1 N–H and O–H groups in total. The Morgan fingerprint density at radius 3 is 2.71 bits per heavy atom. The fourth-order valence-electron chi connectivity index (χ4n) is 1.25. The Hall–Kier alpha value is -1.04. The smallest absolute Gasteiger partial charge is 0.143 e. The fourth-order valence-corrected chi connectivity index (χ4v) is 1.46. The van der Waals surface area contributed by atoms with Gasteiger partial charge in [0.05, 0.1) is 6.07 Å². The van der Waals surface area contributed by atoms with Crippen LogP contribution >= 0.6 is 11.6 Å². The summed E-state index contributed by atoms with van der Waals surface area (Å²) in [6, 6.07) is 9.28. The van der Waals surface area contributed by atoms with Crippen molar-refractivity contribution in [1.82, 2.24) is 0 Å². The molecule has 1 aromatic rings. The lowest BCUT2D eigenvalue weighted by Crippen LogP contribution is -2.17. The van der Waals surface area contributed by atoms with Gasteiger partial charge in [-0.05, 0) is 24.0 Å². The third kappa shape index (κ3) is 2.73. The van der Waals surface area contributed by atoms with Crippen LogP contribution in [0.2, 0.25) is 5.02 Å². The first-order valence-electron chi connectivity index (χ1n) is 4.46. The van der Waals surface area contributed by atoms with Gasteiger partial charge in [-0.25, -0.2) is 0 Å². The number of hydrogen-bond donors (Lipinski definition) is 1. The predicted molar refractivity (Wildman–Crippen MR) is 55.9 cm³/mol. The van der Waals surface area contributed by atoms with E-state index in [1.165, 1.54) is 0 Å². The minimum Gasteiger partial charge on any atom is -0.378 e. The summed E-state index contributed by atoms with van der Waals surface area (Å²) in [6.07, 6.45) is -0.305. The highest BCUT2D eigenvalue weighted by Gasteiger charge is 2.14. The molecule has 1 unspecified atom stereocenters. The third-order valence-corrected chi connectivity index (χ3v) is 2.54. The number of nitrogens with zero attached hydrogens (tertiary/aromatic N) is 1. The molecule has 0 saturated heterocycles. The van der Waals surface area contributed by atoms with E-state index in [2.05, 4.69) is 0 Å². The van der Waals surface area contributed by atoms with Gasteiger partial charge in [0.25, 0.3) is 0 Å². The molecule has 14 heavy (non-hydrogen) atoms. The number of halogens is 1. The van der Waals surface area contributed by atoms with E-state index in [-0.39, 0.29) is 5.92 Å². The van der Waals surface area contributed by atoms with Crippen molar-refractivity contribution in [3.05, 3.63) is 34.9 Å². The van der Waals surface area contributed by atoms with Gasteiger partial charge in [-0.15, -0.1) is 0 Å². The maximum atomic E-state index is 9.27. The Morgan fingerprint density at radius 2 is 2.14 bits per heavy atom. The second-order valence-electron chi connectivity index (χ2n) is 3.35. The van der Waals surface area contributed by atoms with Crippen molar-refractivity contribution in [2.75, 3.05) is 0 Å². The molecule has 0 bridgehead atoms. The van der Waals surface area contributed by atoms with E-state index in [9.17, 15) is 5.11 Å². The van der Waals surface area contributed by atoms with Crippen molar-refractivity contribution in [3.8, 4) is 6.07 Å². The monoisotopic (exact) mass is 209 g/mol. The molecule has 2 nitrogen and oxygen atoms in total. The van der Waals surface area contributed by atoms with E-state index in [0.29, 0.717) is 11.4 Å². The molecule has 0 radical (unpaired) electrons. The van der Waals surface area contributed by atoms with Gasteiger partial charge >= 0.3 is 0 Å². The van der Waals surface area contributed by atoms with Crippen LogP contribution in [-0.4, -0.2) is 11.2 Å². The number of rotatable bonds is 3. The van der Waals surface area contributed by atoms with Gasteiger partial charge in [0.2, 0.25) is 0 Å². The quantitative estimate of drug-likeness (QED) is 0.777. The van der Waals surface area contributed by atoms with Crippen molar-refractivity contribution in [2.24, 2.45) is 5.92 Å². The van der Waals surface area contributed by atoms with Crippen LogP contribution < -0.4 is 0 Å². The van der Waals surface area contributed by atoms with Gasteiger partial charge in [-0.2, -0.15) is 5.26 Å². The minimum atomic E-state index is -0.925. The summed E-state index contributed by atoms with van der Waals surface area (Å²) in [5.74, 6) is -0.0973. The SMILES string of the molecule is C[C@H](Cc1ccccc1Cl)C(O)C#N. The maximum Gasteiger partial charge on any atom is 0.143 e. The summed E-state index contributed by atoms with van der Waals surface area (Å²) in [6.45, 7) is 1.83. The first-order chi connectivity index (χ1) is 6.65. The van der Waals surface area contributed by atoms with Gasteiger partial charge < -0.3 is 5.11 Å². The normalized spacial score (nSPS) is 14.4. The van der Waals surface area contributed by atoms with Crippen molar-refractivity contribution >= 4 is 11.6 Å². The second-order valence-corrected chi connectivity index (χ2v) is 3.75. The number of aliphatic hydroxyl groups excluding tert-OH is 1. The van der Waals surface area contributed by atoms with E-state index >= 15 is 0 Å². The lowest BCUT2D eigenvalue weighted by molar-refractivity contribution is 0.169. The van der Waals surface area contributed by atoms with Crippen LogP contribution in [0.3, 0.4) is 0 Å². The molecule has 1 rings (SSSR count). The number of benzene rings is 1. The van der Waals surface area contributed by atoms with Crippen LogP contribution in [0, 0.1) is 17.2 Å². The van der Waals surface area contributed by atoms with Crippen LogP contribution in [-0.2, 0) is 6.42 Å². The van der Waals surface area contributed by atoms with E-state index in [4.69, 9.17) is 16.9 Å².